The number of hydrogen-bond donors (Lipinski definition) is 1. The van der Waals surface area contributed by atoms with Crippen molar-refractivity contribution in [1.29, 1.82) is 0 Å². The molecule has 5 nitrogen and oxygen atoms in total. The molecule has 6 heteroatoms. The molecule has 0 atom stereocenters. The van der Waals surface area contributed by atoms with Crippen LogP contribution in [0.15, 0.2) is 27.7 Å². The number of benzene rings is 1. The summed E-state index contributed by atoms with van der Waals surface area (Å²) in [6.07, 6.45) is 3.07. The van der Waals surface area contributed by atoms with Gasteiger partial charge in [-0.3, -0.25) is 4.99 Å². The van der Waals surface area contributed by atoms with E-state index in [1.54, 1.807) is 30.2 Å². The minimum Gasteiger partial charge on any atom is -0.507 e. The lowest BCUT2D eigenvalue weighted by Gasteiger charge is -2.29. The number of carbonyl (C=O) groups is 1. The number of hydrogen-bond acceptors (Lipinski definition) is 4. The van der Waals surface area contributed by atoms with Gasteiger partial charge in [0.2, 0.25) is 0 Å². The highest BCUT2D eigenvalue weighted by Gasteiger charge is 2.22. The number of amides is 1. The fourth-order valence-electron chi connectivity index (χ4n) is 2.23. The Bertz CT molecular complexity index is 526. The first-order chi connectivity index (χ1) is 10.1. The van der Waals surface area contributed by atoms with Crippen LogP contribution in [0.25, 0.3) is 0 Å². The third kappa shape index (κ3) is 4.46. The Balaban J connectivity index is 1.90. The zero-order valence-electron chi connectivity index (χ0n) is 12.0. The summed E-state index contributed by atoms with van der Waals surface area (Å²) in [6, 6.07) is 5.42. The van der Waals surface area contributed by atoms with Crippen LogP contribution >= 0.6 is 15.9 Å². The van der Waals surface area contributed by atoms with E-state index in [-0.39, 0.29) is 17.9 Å². The number of aromatic hydroxyl groups is 1. The van der Waals surface area contributed by atoms with Gasteiger partial charge in [0.1, 0.15) is 5.75 Å². The number of halogens is 1. The first-order valence-corrected chi connectivity index (χ1v) is 7.83. The number of carbonyl (C=O) groups excluding carboxylic acids is 1. The fourth-order valence-corrected chi connectivity index (χ4v) is 2.61. The van der Waals surface area contributed by atoms with Crippen molar-refractivity contribution in [2.45, 2.75) is 25.8 Å². The van der Waals surface area contributed by atoms with E-state index in [4.69, 9.17) is 4.74 Å². The minimum absolute atomic E-state index is 0.175. The first-order valence-electron chi connectivity index (χ1n) is 7.03. The smallest absolute Gasteiger partial charge is 0.409 e. The Morgan fingerprint density at radius 3 is 2.90 bits per heavy atom. The summed E-state index contributed by atoms with van der Waals surface area (Å²) < 4.78 is 5.89. The van der Waals surface area contributed by atoms with Gasteiger partial charge in [0, 0.05) is 29.3 Å². The molecular weight excluding hydrogens is 336 g/mol. The van der Waals surface area contributed by atoms with Crippen LogP contribution in [0.1, 0.15) is 25.3 Å². The Morgan fingerprint density at radius 2 is 2.24 bits per heavy atom. The van der Waals surface area contributed by atoms with Crippen LogP contribution in [0.3, 0.4) is 0 Å². The van der Waals surface area contributed by atoms with Gasteiger partial charge in [0.25, 0.3) is 0 Å². The molecule has 0 aromatic heterocycles. The second-order valence-corrected chi connectivity index (χ2v) is 5.81. The highest BCUT2D eigenvalue weighted by atomic mass is 79.9. The monoisotopic (exact) mass is 354 g/mol. The van der Waals surface area contributed by atoms with E-state index in [1.165, 1.54) is 0 Å². The largest absolute Gasteiger partial charge is 0.507 e. The van der Waals surface area contributed by atoms with Gasteiger partial charge < -0.3 is 14.7 Å². The highest BCUT2D eigenvalue weighted by molar-refractivity contribution is 9.10. The van der Waals surface area contributed by atoms with Gasteiger partial charge in [0.15, 0.2) is 0 Å². The summed E-state index contributed by atoms with van der Waals surface area (Å²) in [7, 11) is 0. The predicted molar refractivity (Wildman–Crippen MR) is 85.0 cm³/mol. The SMILES string of the molecule is CCOC(=O)N1CCC(N=Cc2cc(Br)ccc2O)CC1. The van der Waals surface area contributed by atoms with Gasteiger partial charge in [-0.1, -0.05) is 15.9 Å². The number of ether oxygens (including phenoxy) is 1. The zero-order chi connectivity index (χ0) is 15.2. The molecule has 2 rings (SSSR count). The number of piperidine rings is 1. The van der Waals surface area contributed by atoms with Crippen LogP contribution in [-0.2, 0) is 4.74 Å². The maximum absolute atomic E-state index is 11.6. The van der Waals surface area contributed by atoms with Crippen molar-refractivity contribution < 1.29 is 14.6 Å². The molecule has 0 unspecified atom stereocenters. The highest BCUT2D eigenvalue weighted by Crippen LogP contribution is 2.21. The van der Waals surface area contributed by atoms with Gasteiger partial charge in [-0.05, 0) is 38.0 Å². The summed E-state index contributed by atoms with van der Waals surface area (Å²) in [5.41, 5.74) is 0.692. The molecule has 0 spiro atoms. The Morgan fingerprint density at radius 1 is 1.52 bits per heavy atom. The van der Waals surface area contributed by atoms with Crippen molar-refractivity contribution in [3.63, 3.8) is 0 Å². The number of rotatable bonds is 3. The standard InChI is InChI=1S/C15H19BrN2O3/c1-2-21-15(20)18-7-5-13(6-8-18)17-10-11-9-12(16)3-4-14(11)19/h3-4,9-10,13,19H,2,5-8H2,1H3. The molecule has 1 fully saturated rings. The quantitative estimate of drug-likeness (QED) is 0.847. The predicted octanol–water partition coefficient (Wildman–Crippen LogP) is 3.19. The Hall–Kier alpha value is -1.56. The lowest BCUT2D eigenvalue weighted by molar-refractivity contribution is 0.0975. The number of phenolic OH excluding ortho intramolecular Hbond substituents is 1. The molecule has 1 aromatic carbocycles. The van der Waals surface area contributed by atoms with E-state index in [0.717, 1.165) is 17.3 Å². The molecule has 0 bridgehead atoms. The number of aliphatic imine (C=N–C) groups is 1. The van der Waals surface area contributed by atoms with E-state index in [0.29, 0.717) is 25.3 Å². The van der Waals surface area contributed by atoms with Crippen LogP contribution < -0.4 is 0 Å². The molecule has 1 N–H and O–H groups in total. The van der Waals surface area contributed by atoms with Crippen molar-refractivity contribution in [2.24, 2.45) is 4.99 Å². The van der Waals surface area contributed by atoms with Crippen molar-refractivity contribution in [3.8, 4) is 5.75 Å². The summed E-state index contributed by atoms with van der Waals surface area (Å²) in [5.74, 6) is 0.214. The molecule has 1 saturated heterocycles. The normalized spacial score (nSPS) is 16.4. The molecule has 1 aromatic rings. The molecule has 21 heavy (non-hydrogen) atoms. The second-order valence-electron chi connectivity index (χ2n) is 4.90. The van der Waals surface area contributed by atoms with Crippen LogP contribution in [-0.4, -0.2) is 48.1 Å². The van der Waals surface area contributed by atoms with E-state index >= 15 is 0 Å². The first kappa shape index (κ1) is 15.8. The molecule has 1 aliphatic rings. The van der Waals surface area contributed by atoms with E-state index in [9.17, 15) is 9.90 Å². The average Bonchev–Trinajstić information content (AvgIpc) is 2.49. The summed E-state index contributed by atoms with van der Waals surface area (Å²) in [5, 5.41) is 9.76. The van der Waals surface area contributed by atoms with Crippen LogP contribution in [0.4, 0.5) is 4.79 Å². The van der Waals surface area contributed by atoms with Gasteiger partial charge in [-0.25, -0.2) is 4.79 Å². The van der Waals surface area contributed by atoms with E-state index in [2.05, 4.69) is 20.9 Å². The van der Waals surface area contributed by atoms with Crippen molar-refractivity contribution in [1.82, 2.24) is 4.90 Å². The third-order valence-electron chi connectivity index (χ3n) is 3.40. The Labute approximate surface area is 132 Å². The third-order valence-corrected chi connectivity index (χ3v) is 3.90. The molecule has 1 aliphatic heterocycles. The molecule has 1 amide bonds. The lowest BCUT2D eigenvalue weighted by atomic mass is 10.1. The van der Waals surface area contributed by atoms with E-state index < -0.39 is 0 Å². The van der Waals surface area contributed by atoms with E-state index in [1.807, 2.05) is 6.07 Å². The Kier molecular flexibility index (Phi) is 5.61. The van der Waals surface area contributed by atoms with Crippen molar-refractivity contribution in [3.05, 3.63) is 28.2 Å². The van der Waals surface area contributed by atoms with Gasteiger partial charge >= 0.3 is 6.09 Å². The maximum Gasteiger partial charge on any atom is 0.409 e. The molecule has 0 saturated carbocycles. The number of phenols is 1. The lowest BCUT2D eigenvalue weighted by Crippen LogP contribution is -2.40. The van der Waals surface area contributed by atoms with Crippen molar-refractivity contribution in [2.75, 3.05) is 19.7 Å². The summed E-state index contributed by atoms with van der Waals surface area (Å²) in [6.45, 7) is 3.52. The van der Waals surface area contributed by atoms with Crippen LogP contribution in [0.5, 0.6) is 5.75 Å². The topological polar surface area (TPSA) is 62.1 Å². The molecule has 114 valence electrons. The summed E-state index contributed by atoms with van der Waals surface area (Å²) >= 11 is 3.37. The molecule has 0 aliphatic carbocycles. The minimum atomic E-state index is -0.246. The van der Waals surface area contributed by atoms with Gasteiger partial charge in [-0.15, -0.1) is 0 Å². The van der Waals surface area contributed by atoms with Crippen LogP contribution in [0, 0.1) is 0 Å². The zero-order valence-corrected chi connectivity index (χ0v) is 13.5. The second kappa shape index (κ2) is 7.45. The van der Waals surface area contributed by atoms with Crippen LogP contribution in [0.2, 0.25) is 0 Å². The molecule has 0 radical (unpaired) electrons. The van der Waals surface area contributed by atoms with Gasteiger partial charge in [-0.2, -0.15) is 0 Å². The molecule has 1 heterocycles. The number of likely N-dealkylation sites (tertiary alicyclic amines) is 1. The average molecular weight is 355 g/mol. The fraction of sp³-hybridized carbons (Fsp3) is 0.467. The number of nitrogens with zero attached hydrogens (tertiary/aromatic N) is 2. The van der Waals surface area contributed by atoms with Crippen molar-refractivity contribution >= 4 is 28.2 Å². The van der Waals surface area contributed by atoms with Gasteiger partial charge in [0.05, 0.1) is 12.6 Å². The maximum atomic E-state index is 11.6. The molecular formula is C15H19BrN2O3. The summed E-state index contributed by atoms with van der Waals surface area (Å²) in [4.78, 5) is 17.8.